The van der Waals surface area contributed by atoms with E-state index in [0.29, 0.717) is 6.54 Å². The van der Waals surface area contributed by atoms with Gasteiger partial charge in [-0.05, 0) is 31.2 Å². The fraction of sp³-hybridized carbons (Fsp3) is 0.211. The fourth-order valence-corrected chi connectivity index (χ4v) is 3.95. The van der Waals surface area contributed by atoms with Gasteiger partial charge in [0.15, 0.2) is 0 Å². The third kappa shape index (κ3) is 4.43. The Morgan fingerprint density at radius 3 is 2.38 bits per heavy atom. The van der Waals surface area contributed by atoms with E-state index in [1.54, 1.807) is 22.8 Å². The maximum atomic E-state index is 13.7. The van der Waals surface area contributed by atoms with E-state index in [1.807, 2.05) is 6.92 Å². The number of benzene rings is 2. The minimum absolute atomic E-state index is 0.00404. The Morgan fingerprint density at radius 1 is 1.10 bits per heavy atom. The molecule has 0 saturated heterocycles. The number of nitrogens with zero attached hydrogens (tertiary/aromatic N) is 3. The molecule has 0 radical (unpaired) electrons. The zero-order valence-corrected chi connectivity index (χ0v) is 16.5. The van der Waals surface area contributed by atoms with Crippen LogP contribution in [0.25, 0.3) is 11.3 Å². The smallest absolute Gasteiger partial charge is 0.337 e. The average Bonchev–Trinajstić information content (AvgIpc) is 3.16. The van der Waals surface area contributed by atoms with Gasteiger partial charge in [-0.2, -0.15) is 13.2 Å². The lowest BCUT2D eigenvalue weighted by molar-refractivity contribution is -0.137. The van der Waals surface area contributed by atoms with Crippen molar-refractivity contribution in [2.75, 3.05) is 12.1 Å². The van der Waals surface area contributed by atoms with Crippen molar-refractivity contribution in [3.8, 4) is 11.3 Å². The first-order valence-corrected chi connectivity index (χ1v) is 10.2. The second-order valence-corrected chi connectivity index (χ2v) is 7.91. The molecule has 3 aromatic rings. The van der Waals surface area contributed by atoms with Crippen molar-refractivity contribution in [1.82, 2.24) is 14.4 Å². The van der Waals surface area contributed by atoms with Gasteiger partial charge < -0.3 is 4.57 Å². The number of halogens is 3. The average molecular weight is 424 g/mol. The summed E-state index contributed by atoms with van der Waals surface area (Å²) in [4.78, 5) is 6.39. The van der Waals surface area contributed by atoms with Gasteiger partial charge in [0.25, 0.3) is 10.0 Å². The number of alkyl halides is 3. The summed E-state index contributed by atoms with van der Waals surface area (Å²) in [6.45, 7) is 2.37. The van der Waals surface area contributed by atoms with Crippen molar-refractivity contribution >= 4 is 15.7 Å². The van der Waals surface area contributed by atoms with E-state index >= 15 is 0 Å². The van der Waals surface area contributed by atoms with Crippen LogP contribution in [0.4, 0.5) is 18.9 Å². The summed E-state index contributed by atoms with van der Waals surface area (Å²) in [6.07, 6.45) is -1.71. The predicted octanol–water partition coefficient (Wildman–Crippen LogP) is 3.92. The van der Waals surface area contributed by atoms with Crippen molar-refractivity contribution in [3.05, 3.63) is 66.6 Å². The van der Waals surface area contributed by atoms with Crippen LogP contribution in [-0.2, 0) is 22.7 Å². The number of aryl methyl sites for hydroxylation is 1. The lowest BCUT2D eigenvalue weighted by atomic mass is 10.0. The van der Waals surface area contributed by atoms with Crippen LogP contribution in [0.15, 0.2) is 66.0 Å². The van der Waals surface area contributed by atoms with Gasteiger partial charge >= 0.3 is 6.18 Å². The van der Waals surface area contributed by atoms with Crippen molar-refractivity contribution < 1.29 is 21.6 Å². The normalized spacial score (nSPS) is 12.2. The number of hydrazine groups is 1. The van der Waals surface area contributed by atoms with E-state index < -0.39 is 21.8 Å². The van der Waals surface area contributed by atoms with Crippen molar-refractivity contribution in [2.24, 2.45) is 0 Å². The molecule has 10 heteroatoms. The molecule has 0 unspecified atom stereocenters. The van der Waals surface area contributed by atoms with Crippen LogP contribution < -0.4 is 9.84 Å². The van der Waals surface area contributed by atoms with Crippen LogP contribution in [0.2, 0.25) is 0 Å². The van der Waals surface area contributed by atoms with E-state index in [1.165, 1.54) is 43.8 Å². The van der Waals surface area contributed by atoms with Crippen LogP contribution in [0, 0.1) is 0 Å². The number of sulfonamides is 1. The number of aromatic nitrogens is 2. The minimum atomic E-state index is -4.64. The molecule has 1 N–H and O–H groups in total. The Hall–Kier alpha value is -2.85. The van der Waals surface area contributed by atoms with Gasteiger partial charge in [0.05, 0.1) is 28.2 Å². The van der Waals surface area contributed by atoms with E-state index in [4.69, 9.17) is 0 Å². The second-order valence-electron chi connectivity index (χ2n) is 6.25. The Kier molecular flexibility index (Phi) is 5.67. The van der Waals surface area contributed by atoms with Crippen LogP contribution >= 0.6 is 0 Å². The molecule has 3 rings (SSSR count). The van der Waals surface area contributed by atoms with Crippen molar-refractivity contribution in [1.29, 1.82) is 0 Å². The maximum absolute atomic E-state index is 13.7. The van der Waals surface area contributed by atoms with Gasteiger partial charge in [-0.15, -0.1) is 4.83 Å². The van der Waals surface area contributed by atoms with Crippen LogP contribution in [0.3, 0.4) is 0 Å². The lowest BCUT2D eigenvalue weighted by Crippen LogP contribution is -2.39. The molecular weight excluding hydrogens is 405 g/mol. The molecule has 0 amide bonds. The predicted molar refractivity (Wildman–Crippen MR) is 104 cm³/mol. The standard InChI is InChI=1S/C19H19F3N4O2S/c1-3-26-12-16(23-13-26)18-15(19(20,21)22)10-7-11-17(18)25(2)24-29(27,28)14-8-5-4-6-9-14/h4-13,24H,3H2,1-2H3. The molecule has 0 saturated carbocycles. The highest BCUT2D eigenvalue weighted by molar-refractivity contribution is 7.89. The van der Waals surface area contributed by atoms with Gasteiger partial charge in [0.1, 0.15) is 0 Å². The van der Waals surface area contributed by atoms with Gasteiger partial charge in [-0.3, -0.25) is 5.01 Å². The first kappa shape index (κ1) is 20.9. The summed E-state index contributed by atoms with van der Waals surface area (Å²) in [5.74, 6) is 0. The van der Waals surface area contributed by atoms with E-state index in [2.05, 4.69) is 9.82 Å². The maximum Gasteiger partial charge on any atom is 0.417 e. The first-order chi connectivity index (χ1) is 13.6. The third-order valence-electron chi connectivity index (χ3n) is 4.27. The summed E-state index contributed by atoms with van der Waals surface area (Å²) in [6, 6.07) is 11.2. The summed E-state index contributed by atoms with van der Waals surface area (Å²) >= 11 is 0. The molecule has 29 heavy (non-hydrogen) atoms. The molecule has 0 aliphatic rings. The second kappa shape index (κ2) is 7.88. The summed E-state index contributed by atoms with van der Waals surface area (Å²) in [7, 11) is -2.64. The summed E-state index contributed by atoms with van der Waals surface area (Å²) in [5.41, 5.74) is -0.978. The quantitative estimate of drug-likeness (QED) is 0.609. The largest absolute Gasteiger partial charge is 0.417 e. The molecule has 1 heterocycles. The van der Waals surface area contributed by atoms with Crippen LogP contribution in [0.5, 0.6) is 0 Å². The van der Waals surface area contributed by atoms with Crippen molar-refractivity contribution in [3.63, 3.8) is 0 Å². The molecule has 154 valence electrons. The number of imidazole rings is 1. The molecule has 0 atom stereocenters. The monoisotopic (exact) mass is 424 g/mol. The Balaban J connectivity index is 2.09. The Labute approximate surface area is 166 Å². The van der Waals surface area contributed by atoms with Crippen molar-refractivity contribution in [2.45, 2.75) is 24.5 Å². The highest BCUT2D eigenvalue weighted by Gasteiger charge is 2.36. The van der Waals surface area contributed by atoms with Gasteiger partial charge in [-0.1, -0.05) is 24.3 Å². The first-order valence-electron chi connectivity index (χ1n) is 8.67. The zero-order chi connectivity index (χ0) is 21.2. The number of hydrogen-bond donors (Lipinski definition) is 1. The van der Waals surface area contributed by atoms with Gasteiger partial charge in [0.2, 0.25) is 0 Å². The SMILES string of the molecule is CCn1cnc(-c2c(N(C)NS(=O)(=O)c3ccccc3)cccc2C(F)(F)F)c1. The topological polar surface area (TPSA) is 67.2 Å². The molecule has 0 aliphatic heterocycles. The highest BCUT2D eigenvalue weighted by atomic mass is 32.2. The zero-order valence-electron chi connectivity index (χ0n) is 15.7. The molecule has 1 aromatic heterocycles. The highest BCUT2D eigenvalue weighted by Crippen LogP contribution is 2.41. The molecule has 0 bridgehead atoms. The molecule has 0 fully saturated rings. The fourth-order valence-electron chi connectivity index (χ4n) is 2.87. The molecule has 0 aliphatic carbocycles. The minimum Gasteiger partial charge on any atom is -0.337 e. The van der Waals surface area contributed by atoms with E-state index in [-0.39, 0.29) is 21.8 Å². The number of nitrogens with one attached hydrogen (secondary N) is 1. The Bertz CT molecular complexity index is 1100. The van der Waals surface area contributed by atoms with E-state index in [0.717, 1.165) is 11.1 Å². The Morgan fingerprint density at radius 2 is 1.79 bits per heavy atom. The van der Waals surface area contributed by atoms with Gasteiger partial charge in [-0.25, -0.2) is 13.4 Å². The summed E-state index contributed by atoms with van der Waals surface area (Å²) < 4.78 is 67.9. The third-order valence-corrected chi connectivity index (χ3v) is 5.68. The van der Waals surface area contributed by atoms with Crippen LogP contribution in [0.1, 0.15) is 12.5 Å². The number of anilines is 1. The number of hydrogen-bond acceptors (Lipinski definition) is 4. The van der Waals surface area contributed by atoms with Crippen LogP contribution in [-0.4, -0.2) is 25.0 Å². The number of rotatable bonds is 6. The lowest BCUT2D eigenvalue weighted by Gasteiger charge is -2.24. The molecule has 6 nitrogen and oxygen atoms in total. The molecule has 2 aromatic carbocycles. The van der Waals surface area contributed by atoms with Gasteiger partial charge in [0, 0.05) is 25.4 Å². The molecule has 0 spiro atoms. The molecular formula is C19H19F3N4O2S. The van der Waals surface area contributed by atoms with E-state index in [9.17, 15) is 21.6 Å². The summed E-state index contributed by atoms with van der Waals surface area (Å²) in [5, 5.41) is 1.05.